The lowest BCUT2D eigenvalue weighted by Crippen LogP contribution is -2.11. The Hall–Kier alpha value is -1.63. The van der Waals surface area contributed by atoms with Crippen LogP contribution in [0.3, 0.4) is 0 Å². The van der Waals surface area contributed by atoms with Gasteiger partial charge in [-0.05, 0) is 12.1 Å². The third kappa shape index (κ3) is 2.48. The van der Waals surface area contributed by atoms with Gasteiger partial charge in [-0.1, -0.05) is 0 Å². The molecule has 88 valence electrons. The molecule has 0 fully saturated rings. The van der Waals surface area contributed by atoms with Gasteiger partial charge in [-0.2, -0.15) is 0 Å². The van der Waals surface area contributed by atoms with Gasteiger partial charge in [0.25, 0.3) is 5.69 Å². The molecule has 0 spiro atoms. The predicted octanol–water partition coefficient (Wildman–Crippen LogP) is 1.06. The number of hydrogen-bond acceptors (Lipinski definition) is 5. The van der Waals surface area contributed by atoms with Gasteiger partial charge in [-0.3, -0.25) is 10.1 Å². The molecule has 0 radical (unpaired) electrons. The van der Waals surface area contributed by atoms with Crippen LogP contribution in [0.1, 0.15) is 0 Å². The molecule has 0 aromatic heterocycles. The number of anilines is 1. The first-order chi connectivity index (χ1) is 7.23. The van der Waals surface area contributed by atoms with Crippen molar-refractivity contribution in [1.82, 2.24) is 0 Å². The van der Waals surface area contributed by atoms with Gasteiger partial charge in [0, 0.05) is 26.4 Å². The molecule has 6 nitrogen and oxygen atoms in total. The van der Waals surface area contributed by atoms with Gasteiger partial charge in [-0.25, -0.2) is 8.42 Å². The maximum atomic E-state index is 11.3. The molecule has 1 rings (SSSR count). The zero-order chi connectivity index (χ0) is 12.5. The van der Waals surface area contributed by atoms with E-state index in [1.807, 2.05) is 0 Å². The lowest BCUT2D eigenvalue weighted by atomic mass is 10.2. The molecular formula is C9H12N2O4S. The summed E-state index contributed by atoms with van der Waals surface area (Å²) in [5.41, 5.74) is 0.158. The van der Waals surface area contributed by atoms with E-state index >= 15 is 0 Å². The lowest BCUT2D eigenvalue weighted by Gasteiger charge is -2.12. The van der Waals surface area contributed by atoms with Gasteiger partial charge in [0.2, 0.25) is 0 Å². The van der Waals surface area contributed by atoms with E-state index < -0.39 is 14.8 Å². The first-order valence-corrected chi connectivity index (χ1v) is 6.28. The topological polar surface area (TPSA) is 80.5 Å². The Labute approximate surface area is 93.6 Å². The standard InChI is InChI=1S/C9H12N2O4S/c1-10(2)8-5-4-7(16(3,14)15)6-9(8)11(12)13/h4-6H,1-3H3. The van der Waals surface area contributed by atoms with Crippen molar-refractivity contribution in [3.63, 3.8) is 0 Å². The fourth-order valence-electron chi connectivity index (χ4n) is 1.26. The molecule has 0 atom stereocenters. The van der Waals surface area contributed by atoms with Crippen LogP contribution >= 0.6 is 0 Å². The van der Waals surface area contributed by atoms with Crippen LogP contribution < -0.4 is 4.90 Å². The minimum Gasteiger partial charge on any atom is -0.372 e. The van der Waals surface area contributed by atoms with Crippen LogP contribution in [0.25, 0.3) is 0 Å². The van der Waals surface area contributed by atoms with Crippen LogP contribution in [0, 0.1) is 10.1 Å². The number of nitro benzene ring substituents is 1. The zero-order valence-corrected chi connectivity index (χ0v) is 9.98. The molecule has 0 amide bonds. The van der Waals surface area contributed by atoms with Crippen molar-refractivity contribution in [2.45, 2.75) is 4.90 Å². The highest BCUT2D eigenvalue weighted by Gasteiger charge is 2.19. The first-order valence-electron chi connectivity index (χ1n) is 4.39. The number of rotatable bonds is 3. The Morgan fingerprint density at radius 1 is 1.31 bits per heavy atom. The molecule has 1 aromatic carbocycles. The third-order valence-electron chi connectivity index (χ3n) is 2.05. The van der Waals surface area contributed by atoms with Crippen molar-refractivity contribution in [2.75, 3.05) is 25.3 Å². The number of nitro groups is 1. The lowest BCUT2D eigenvalue weighted by molar-refractivity contribution is -0.384. The van der Waals surface area contributed by atoms with Gasteiger partial charge in [0.1, 0.15) is 5.69 Å². The van der Waals surface area contributed by atoms with Gasteiger partial charge >= 0.3 is 0 Å². The quantitative estimate of drug-likeness (QED) is 0.586. The van der Waals surface area contributed by atoms with E-state index in [1.165, 1.54) is 12.1 Å². The van der Waals surface area contributed by atoms with E-state index in [-0.39, 0.29) is 10.6 Å². The number of benzene rings is 1. The highest BCUT2D eigenvalue weighted by atomic mass is 32.2. The number of nitrogens with zero attached hydrogens (tertiary/aromatic N) is 2. The monoisotopic (exact) mass is 244 g/mol. The number of hydrogen-bond donors (Lipinski definition) is 0. The van der Waals surface area contributed by atoms with Crippen molar-refractivity contribution < 1.29 is 13.3 Å². The second kappa shape index (κ2) is 4.09. The predicted molar refractivity (Wildman–Crippen MR) is 60.5 cm³/mol. The average molecular weight is 244 g/mol. The van der Waals surface area contributed by atoms with Crippen LogP contribution in [-0.2, 0) is 9.84 Å². The summed E-state index contributed by atoms with van der Waals surface area (Å²) in [5.74, 6) is 0. The molecule has 7 heteroatoms. The SMILES string of the molecule is CN(C)c1ccc(S(C)(=O)=O)cc1[N+](=O)[O-]. The Balaban J connectivity index is 3.46. The minimum atomic E-state index is -3.42. The molecule has 0 aliphatic rings. The number of sulfone groups is 1. The van der Waals surface area contributed by atoms with E-state index in [9.17, 15) is 18.5 Å². The summed E-state index contributed by atoms with van der Waals surface area (Å²) in [6.45, 7) is 0. The molecule has 16 heavy (non-hydrogen) atoms. The van der Waals surface area contributed by atoms with Crippen molar-refractivity contribution in [3.8, 4) is 0 Å². The fourth-order valence-corrected chi connectivity index (χ4v) is 1.90. The van der Waals surface area contributed by atoms with Crippen LogP contribution in [-0.4, -0.2) is 33.7 Å². The Morgan fingerprint density at radius 2 is 1.88 bits per heavy atom. The molecule has 1 aromatic rings. The van der Waals surface area contributed by atoms with Crippen LogP contribution in [0.15, 0.2) is 23.1 Å². The molecule has 0 saturated carbocycles. The first kappa shape index (κ1) is 12.4. The summed E-state index contributed by atoms with van der Waals surface area (Å²) in [6.07, 6.45) is 1.02. The molecule has 0 unspecified atom stereocenters. The van der Waals surface area contributed by atoms with Gasteiger partial charge < -0.3 is 4.90 Å². The third-order valence-corrected chi connectivity index (χ3v) is 3.16. The molecule has 0 N–H and O–H groups in total. The van der Waals surface area contributed by atoms with Crippen LogP contribution in [0.4, 0.5) is 11.4 Å². The van der Waals surface area contributed by atoms with Gasteiger partial charge in [0.15, 0.2) is 9.84 Å². The van der Waals surface area contributed by atoms with Crippen molar-refractivity contribution in [1.29, 1.82) is 0 Å². The van der Waals surface area contributed by atoms with E-state index in [1.54, 1.807) is 19.0 Å². The fraction of sp³-hybridized carbons (Fsp3) is 0.333. The molecule has 0 aliphatic heterocycles. The van der Waals surface area contributed by atoms with Gasteiger partial charge in [-0.15, -0.1) is 0 Å². The van der Waals surface area contributed by atoms with E-state index in [2.05, 4.69) is 0 Å². The summed E-state index contributed by atoms with van der Waals surface area (Å²) in [5, 5.41) is 10.8. The summed E-state index contributed by atoms with van der Waals surface area (Å²) >= 11 is 0. The summed E-state index contributed by atoms with van der Waals surface area (Å²) < 4.78 is 22.5. The molecule has 0 saturated heterocycles. The maximum absolute atomic E-state index is 11.3. The summed E-state index contributed by atoms with van der Waals surface area (Å²) in [4.78, 5) is 11.7. The van der Waals surface area contributed by atoms with E-state index in [0.29, 0.717) is 5.69 Å². The smallest absolute Gasteiger partial charge is 0.293 e. The second-order valence-corrected chi connectivity index (χ2v) is 5.59. The zero-order valence-electron chi connectivity index (χ0n) is 9.17. The largest absolute Gasteiger partial charge is 0.372 e. The molecule has 0 aliphatic carbocycles. The van der Waals surface area contributed by atoms with E-state index in [4.69, 9.17) is 0 Å². The average Bonchev–Trinajstić information content (AvgIpc) is 2.15. The highest BCUT2D eigenvalue weighted by Crippen LogP contribution is 2.29. The van der Waals surface area contributed by atoms with Crippen molar-refractivity contribution in [2.24, 2.45) is 0 Å². The Morgan fingerprint density at radius 3 is 2.25 bits per heavy atom. The normalized spacial score (nSPS) is 11.2. The van der Waals surface area contributed by atoms with Crippen LogP contribution in [0.2, 0.25) is 0 Å². The molecular weight excluding hydrogens is 232 g/mol. The van der Waals surface area contributed by atoms with Crippen molar-refractivity contribution in [3.05, 3.63) is 28.3 Å². The molecule has 0 heterocycles. The van der Waals surface area contributed by atoms with Gasteiger partial charge in [0.05, 0.1) is 9.82 Å². The Kier molecular flexibility index (Phi) is 3.18. The van der Waals surface area contributed by atoms with E-state index in [0.717, 1.165) is 12.3 Å². The summed E-state index contributed by atoms with van der Waals surface area (Å²) in [7, 11) is -0.114. The highest BCUT2D eigenvalue weighted by molar-refractivity contribution is 7.90. The molecule has 0 bridgehead atoms. The maximum Gasteiger partial charge on any atom is 0.293 e. The summed E-state index contributed by atoms with van der Waals surface area (Å²) in [6, 6.07) is 3.86. The van der Waals surface area contributed by atoms with Crippen molar-refractivity contribution >= 4 is 21.2 Å². The Bertz CT molecular complexity index is 522. The minimum absolute atomic E-state index is 0.0511. The van der Waals surface area contributed by atoms with Crippen LogP contribution in [0.5, 0.6) is 0 Å². The second-order valence-electron chi connectivity index (χ2n) is 3.57.